The van der Waals surface area contributed by atoms with Crippen LogP contribution in [-0.2, 0) is 16.6 Å². The van der Waals surface area contributed by atoms with Crippen molar-refractivity contribution in [1.29, 1.82) is 0 Å². The van der Waals surface area contributed by atoms with Gasteiger partial charge in [-0.15, -0.1) is 24.8 Å². The molecule has 3 rings (SSSR count). The summed E-state index contributed by atoms with van der Waals surface area (Å²) in [7, 11) is 3.64. The van der Waals surface area contributed by atoms with Crippen LogP contribution in [0.4, 0.5) is 0 Å². The van der Waals surface area contributed by atoms with Gasteiger partial charge in [-0.2, -0.15) is 5.10 Å². The molecule has 1 aliphatic heterocycles. The maximum absolute atomic E-state index is 12.9. The van der Waals surface area contributed by atoms with Crippen molar-refractivity contribution in [2.75, 3.05) is 39.8 Å². The van der Waals surface area contributed by atoms with Gasteiger partial charge in [0.05, 0.1) is 12.7 Å². The minimum Gasteiger partial charge on any atom is -0.352 e. The Labute approximate surface area is 185 Å². The second-order valence-electron chi connectivity index (χ2n) is 7.67. The quantitative estimate of drug-likeness (QED) is 0.680. The molecule has 1 aromatic rings. The van der Waals surface area contributed by atoms with Crippen molar-refractivity contribution in [2.45, 2.75) is 44.2 Å². The molecule has 8 nitrogen and oxygen atoms in total. The topological polar surface area (TPSA) is 82.5 Å². The SMILES string of the molecule is CNC(C(=O)N1CCN(CC(=O)NC2CCCCC2)CC1)c1cnn(C)c1.Cl.Cl. The van der Waals surface area contributed by atoms with Crippen LogP contribution in [0.1, 0.15) is 43.7 Å². The van der Waals surface area contributed by atoms with Crippen molar-refractivity contribution in [3.05, 3.63) is 18.0 Å². The van der Waals surface area contributed by atoms with Crippen molar-refractivity contribution in [3.63, 3.8) is 0 Å². The average molecular weight is 449 g/mol. The third kappa shape index (κ3) is 7.13. The van der Waals surface area contributed by atoms with Gasteiger partial charge in [0.2, 0.25) is 11.8 Å². The molecule has 2 heterocycles. The Hall–Kier alpha value is -1.35. The van der Waals surface area contributed by atoms with Gasteiger partial charge in [-0.25, -0.2) is 0 Å². The predicted molar refractivity (Wildman–Crippen MR) is 118 cm³/mol. The normalized spacial score (nSPS) is 19.0. The number of aromatic nitrogens is 2. The molecule has 2 aliphatic rings. The van der Waals surface area contributed by atoms with Gasteiger partial charge in [0.15, 0.2) is 0 Å². The molecule has 0 spiro atoms. The number of carbonyl (C=O) groups excluding carboxylic acids is 2. The molecular formula is C19H34Cl2N6O2. The Morgan fingerprint density at radius 1 is 1.14 bits per heavy atom. The minimum atomic E-state index is -0.375. The lowest BCUT2D eigenvalue weighted by atomic mass is 9.95. The third-order valence-electron chi connectivity index (χ3n) is 5.62. The van der Waals surface area contributed by atoms with Crippen molar-refractivity contribution in [2.24, 2.45) is 7.05 Å². The molecule has 29 heavy (non-hydrogen) atoms. The lowest BCUT2D eigenvalue weighted by Crippen LogP contribution is -2.53. The number of carbonyl (C=O) groups is 2. The zero-order valence-corrected chi connectivity index (χ0v) is 18.9. The second kappa shape index (κ2) is 12.4. The first kappa shape index (κ1) is 25.7. The molecular weight excluding hydrogens is 415 g/mol. The Balaban J connectivity index is 0.00000210. The first-order valence-electron chi connectivity index (χ1n) is 10.0. The zero-order chi connectivity index (χ0) is 19.2. The number of nitrogens with one attached hydrogen (secondary N) is 2. The lowest BCUT2D eigenvalue weighted by Gasteiger charge is -2.36. The summed E-state index contributed by atoms with van der Waals surface area (Å²) in [5.74, 6) is 0.182. The van der Waals surface area contributed by atoms with E-state index in [2.05, 4.69) is 20.6 Å². The number of halogens is 2. The number of aryl methyl sites for hydroxylation is 1. The zero-order valence-electron chi connectivity index (χ0n) is 17.3. The summed E-state index contributed by atoms with van der Waals surface area (Å²) in [6, 6.07) is -0.0233. The average Bonchev–Trinajstić information content (AvgIpc) is 3.09. The van der Waals surface area contributed by atoms with Crippen LogP contribution >= 0.6 is 24.8 Å². The van der Waals surface area contributed by atoms with E-state index in [0.717, 1.165) is 31.5 Å². The van der Waals surface area contributed by atoms with E-state index in [-0.39, 0.29) is 42.7 Å². The van der Waals surface area contributed by atoms with Crippen LogP contribution < -0.4 is 10.6 Å². The predicted octanol–water partition coefficient (Wildman–Crippen LogP) is 1.12. The van der Waals surface area contributed by atoms with Crippen LogP contribution in [0.25, 0.3) is 0 Å². The molecule has 0 bridgehead atoms. The van der Waals surface area contributed by atoms with Crippen molar-refractivity contribution in [1.82, 2.24) is 30.2 Å². The summed E-state index contributed by atoms with van der Waals surface area (Å²) in [6.07, 6.45) is 9.52. The van der Waals surface area contributed by atoms with Gasteiger partial charge < -0.3 is 15.5 Å². The molecule has 2 fully saturated rings. The van der Waals surface area contributed by atoms with E-state index >= 15 is 0 Å². The fraction of sp³-hybridized carbons (Fsp3) is 0.737. The smallest absolute Gasteiger partial charge is 0.244 e. The minimum absolute atomic E-state index is 0. The number of likely N-dealkylation sites (N-methyl/N-ethyl adjacent to an activating group) is 1. The van der Waals surface area contributed by atoms with E-state index in [1.165, 1.54) is 19.3 Å². The van der Waals surface area contributed by atoms with E-state index in [9.17, 15) is 9.59 Å². The molecule has 1 unspecified atom stereocenters. The highest BCUT2D eigenvalue weighted by Gasteiger charge is 2.29. The molecule has 1 atom stereocenters. The third-order valence-corrected chi connectivity index (χ3v) is 5.62. The van der Waals surface area contributed by atoms with Gasteiger partial charge in [-0.3, -0.25) is 19.2 Å². The summed E-state index contributed by atoms with van der Waals surface area (Å²) >= 11 is 0. The molecule has 1 saturated carbocycles. The first-order valence-corrected chi connectivity index (χ1v) is 10.0. The number of amides is 2. The molecule has 1 saturated heterocycles. The second-order valence-corrected chi connectivity index (χ2v) is 7.67. The fourth-order valence-electron chi connectivity index (χ4n) is 4.05. The molecule has 0 radical (unpaired) electrons. The van der Waals surface area contributed by atoms with E-state index in [1.807, 2.05) is 18.1 Å². The summed E-state index contributed by atoms with van der Waals surface area (Å²) in [5.41, 5.74) is 0.874. The van der Waals surface area contributed by atoms with Crippen LogP contribution in [0.15, 0.2) is 12.4 Å². The number of nitrogens with zero attached hydrogens (tertiary/aromatic N) is 4. The number of rotatable bonds is 6. The van der Waals surface area contributed by atoms with Gasteiger partial charge in [-0.05, 0) is 19.9 Å². The first-order chi connectivity index (χ1) is 13.1. The van der Waals surface area contributed by atoms with Crippen molar-refractivity contribution in [3.8, 4) is 0 Å². The van der Waals surface area contributed by atoms with E-state index < -0.39 is 0 Å². The van der Waals surface area contributed by atoms with Gasteiger partial charge >= 0.3 is 0 Å². The van der Waals surface area contributed by atoms with E-state index in [0.29, 0.717) is 25.7 Å². The standard InChI is InChI=1S/C19H32N6O2.2ClH/c1-20-18(15-12-21-23(2)13-15)19(27)25-10-8-24(9-11-25)14-17(26)22-16-6-4-3-5-7-16;;/h12-13,16,18,20H,3-11,14H2,1-2H3,(H,22,26);2*1H. The van der Waals surface area contributed by atoms with E-state index in [4.69, 9.17) is 0 Å². The molecule has 0 aromatic carbocycles. The molecule has 2 N–H and O–H groups in total. The molecule has 10 heteroatoms. The fourth-order valence-corrected chi connectivity index (χ4v) is 4.05. The van der Waals surface area contributed by atoms with E-state index in [1.54, 1.807) is 17.9 Å². The molecule has 1 aliphatic carbocycles. The highest BCUT2D eigenvalue weighted by molar-refractivity contribution is 5.85. The lowest BCUT2D eigenvalue weighted by molar-refractivity contribution is -0.135. The maximum atomic E-state index is 12.9. The Morgan fingerprint density at radius 2 is 1.79 bits per heavy atom. The Bertz CT molecular complexity index is 642. The van der Waals surface area contributed by atoms with Crippen LogP contribution in [-0.4, -0.2) is 77.2 Å². The number of hydrogen-bond donors (Lipinski definition) is 2. The Morgan fingerprint density at radius 3 is 2.34 bits per heavy atom. The van der Waals surface area contributed by atoms with Crippen LogP contribution in [0, 0.1) is 0 Å². The summed E-state index contributed by atoms with van der Waals surface area (Å²) < 4.78 is 1.70. The maximum Gasteiger partial charge on any atom is 0.244 e. The van der Waals surface area contributed by atoms with Gasteiger partial charge in [-0.1, -0.05) is 19.3 Å². The molecule has 2 amide bonds. The number of piperazine rings is 1. The summed E-state index contributed by atoms with van der Waals surface area (Å²) in [5, 5.41) is 10.4. The molecule has 1 aromatic heterocycles. The largest absolute Gasteiger partial charge is 0.352 e. The molecule has 166 valence electrons. The summed E-state index contributed by atoms with van der Waals surface area (Å²) in [4.78, 5) is 29.2. The summed E-state index contributed by atoms with van der Waals surface area (Å²) in [6.45, 7) is 3.18. The van der Waals surface area contributed by atoms with Gasteiger partial charge in [0, 0.05) is 51.0 Å². The highest BCUT2D eigenvalue weighted by atomic mass is 35.5. The Kier molecular flexibility index (Phi) is 11.0. The van der Waals surface area contributed by atoms with Crippen LogP contribution in [0.5, 0.6) is 0 Å². The van der Waals surface area contributed by atoms with Crippen molar-refractivity contribution < 1.29 is 9.59 Å². The monoisotopic (exact) mass is 448 g/mol. The highest BCUT2D eigenvalue weighted by Crippen LogP contribution is 2.18. The van der Waals surface area contributed by atoms with Gasteiger partial charge in [0.1, 0.15) is 6.04 Å². The van der Waals surface area contributed by atoms with Crippen LogP contribution in [0.2, 0.25) is 0 Å². The van der Waals surface area contributed by atoms with Gasteiger partial charge in [0.25, 0.3) is 0 Å². The number of hydrogen-bond acceptors (Lipinski definition) is 5. The van der Waals surface area contributed by atoms with Crippen LogP contribution in [0.3, 0.4) is 0 Å². The van der Waals surface area contributed by atoms with Crippen molar-refractivity contribution >= 4 is 36.6 Å².